The topological polar surface area (TPSA) is 0 Å². The second kappa shape index (κ2) is 4.22. The molecular weight excluding hydrogens is 332 g/mol. The molecule has 0 heterocycles. The predicted octanol–water partition coefficient (Wildman–Crippen LogP) is 5.63. The third-order valence-corrected chi connectivity index (χ3v) is 2.60. The van der Waals surface area contributed by atoms with Gasteiger partial charge in [0.05, 0.1) is 10.3 Å². The van der Waals surface area contributed by atoms with Gasteiger partial charge in [-0.25, -0.2) is 0 Å². The summed E-state index contributed by atoms with van der Waals surface area (Å²) in [7, 11) is 0.569. The molecule has 0 bridgehead atoms. The Morgan fingerprint density at radius 3 is 0.812 bits per heavy atom. The molecule has 104 valence electrons. The van der Waals surface area contributed by atoms with E-state index in [0.717, 1.165) is 0 Å². The van der Waals surface area contributed by atoms with E-state index in [0.29, 0.717) is 18.9 Å². The molecule has 0 aromatic carbocycles. The summed E-state index contributed by atoms with van der Waals surface area (Å²) in [6.07, 6.45) is 0. The fraction of sp³-hybridized carbons (Fsp3) is 1.00. The van der Waals surface area contributed by atoms with Gasteiger partial charge in [-0.15, -0.1) is 0 Å². The molecule has 0 radical (unpaired) electrons. The zero-order chi connectivity index (χ0) is 14.1. The van der Waals surface area contributed by atoms with Gasteiger partial charge in [0.1, 0.15) is 0 Å². The molecule has 0 aliphatic heterocycles. The van der Waals surface area contributed by atoms with Gasteiger partial charge in [0.2, 0.25) is 0 Å². The van der Waals surface area contributed by atoms with Gasteiger partial charge >= 0.3 is 38.1 Å². The summed E-state index contributed by atoms with van der Waals surface area (Å²) < 4.78 is 59.6. The van der Waals surface area contributed by atoms with Crippen molar-refractivity contribution >= 4 is 8.58 Å². The number of hydrogen-bond donors (Lipinski definition) is 0. The summed E-state index contributed by atoms with van der Waals surface area (Å²) in [6.45, 7) is 14.0. The first-order valence-electron chi connectivity index (χ1n) is 4.71. The second-order valence-corrected chi connectivity index (χ2v) is 15.0. The maximum Gasteiger partial charge on any atom is 1.00 e. The molecule has 0 aromatic heterocycles. The van der Waals surface area contributed by atoms with E-state index in [1.807, 2.05) is 0 Å². The summed E-state index contributed by atoms with van der Waals surface area (Å²) in [5.74, 6) is 0. The monoisotopic (exact) mass is 352 g/mol. The van der Waals surface area contributed by atoms with Crippen molar-refractivity contribution in [2.45, 2.75) is 51.9 Å². The fourth-order valence-corrected chi connectivity index (χ4v) is 3.90. The molecule has 0 aromatic rings. The van der Waals surface area contributed by atoms with Crippen LogP contribution >= 0.6 is 8.58 Å². The van der Waals surface area contributed by atoms with Crippen molar-refractivity contribution in [2.75, 3.05) is 0 Å². The van der Waals surface area contributed by atoms with E-state index in [2.05, 4.69) is 41.5 Å². The molecule has 8 heteroatoms. The van der Waals surface area contributed by atoms with E-state index in [-0.39, 0.29) is 1.43 Å². The zero-order valence-corrected chi connectivity index (χ0v) is 14.0. The van der Waals surface area contributed by atoms with E-state index in [1.54, 1.807) is 0 Å². The molecule has 0 aliphatic rings. The van der Waals surface area contributed by atoms with Gasteiger partial charge in [0, 0.05) is 0 Å². The van der Waals surface area contributed by atoms with Gasteiger partial charge < -0.3 is 0 Å². The van der Waals surface area contributed by atoms with Gasteiger partial charge in [-0.1, -0.05) is 0 Å². The molecule has 0 saturated carbocycles. The Bertz CT molecular complexity index is 210. The van der Waals surface area contributed by atoms with E-state index in [1.165, 1.54) is 0 Å². The van der Waals surface area contributed by atoms with Crippen LogP contribution in [0, 0.1) is 0 Å². The van der Waals surface area contributed by atoms with Crippen molar-refractivity contribution in [2.24, 2.45) is 0 Å². The summed E-state index contributed by atoms with van der Waals surface area (Å²) in [6, 6.07) is 0. The van der Waals surface area contributed by atoms with Crippen LogP contribution in [-0.2, 0) is 21.0 Å². The first-order chi connectivity index (χ1) is 6.16. The minimum atomic E-state index is -11.3. The third-order valence-electron chi connectivity index (χ3n) is 0.866. The Morgan fingerprint density at radius 1 is 0.688 bits per heavy atom. The van der Waals surface area contributed by atoms with Crippen LogP contribution in [-0.4, -0.2) is 10.3 Å². The van der Waals surface area contributed by atoms with Crippen LogP contribution in [0.5, 0.6) is 0 Å². The third kappa shape index (κ3) is 60.5. The largest absolute Gasteiger partial charge is 1.00 e. The molecule has 0 unspecified atom stereocenters. The van der Waals surface area contributed by atoms with E-state index < -0.39 is 21.0 Å². The Morgan fingerprint density at radius 2 is 0.812 bits per heavy atom. The Labute approximate surface area is 98.6 Å². The van der Waals surface area contributed by atoms with Gasteiger partial charge in [0.25, 0.3) is 0 Å². The predicted molar refractivity (Wildman–Crippen MR) is 57.0 cm³/mol. The zero-order valence-electron chi connectivity index (χ0n) is 11.3. The average molecular weight is 353 g/mol. The van der Waals surface area contributed by atoms with Crippen molar-refractivity contribution < 1.29 is 38.1 Å². The van der Waals surface area contributed by atoms with Crippen LogP contribution in [0.2, 0.25) is 0 Å². The Kier molecular flexibility index (Phi) is 5.08. The number of halogens is 6. The van der Waals surface area contributed by atoms with Gasteiger partial charge in [-0.3, -0.25) is 0 Å². The van der Waals surface area contributed by atoms with E-state index >= 15 is 0 Å². The smallest absolute Gasteiger partial charge is 1.00 e. The molecule has 0 nitrogen and oxygen atoms in total. The van der Waals surface area contributed by atoms with Crippen molar-refractivity contribution in [3.63, 3.8) is 0 Å². The molecule has 0 atom stereocenters. The van der Waals surface area contributed by atoms with Gasteiger partial charge in [0.15, 0.2) is 0 Å². The van der Waals surface area contributed by atoms with Crippen LogP contribution in [0.1, 0.15) is 43.0 Å². The molecule has 16 heavy (non-hydrogen) atoms. The van der Waals surface area contributed by atoms with Crippen molar-refractivity contribution in [3.05, 3.63) is 0 Å². The van der Waals surface area contributed by atoms with Crippen molar-refractivity contribution in [3.8, 4) is 0 Å². The molecular formula is C8H21F6PZr. The molecule has 0 fully saturated rings. The SMILES string of the molecule is CC(C)(C)[PH2+]C(C)(C)C.[F][Zr-2]([F])([F])([F])([F])[F].[H+]. The summed E-state index contributed by atoms with van der Waals surface area (Å²) in [5.41, 5.74) is 0. The summed E-state index contributed by atoms with van der Waals surface area (Å²) in [4.78, 5) is 0. The van der Waals surface area contributed by atoms with Crippen molar-refractivity contribution in [1.29, 1.82) is 0 Å². The Hall–Kier alpha value is 0.893. The van der Waals surface area contributed by atoms with Crippen LogP contribution in [0.25, 0.3) is 0 Å². The fourth-order valence-electron chi connectivity index (χ4n) is 1.30. The van der Waals surface area contributed by atoms with Crippen molar-refractivity contribution in [1.82, 2.24) is 0 Å². The van der Waals surface area contributed by atoms with E-state index in [9.17, 15) is 15.8 Å². The molecule has 0 rings (SSSR count). The van der Waals surface area contributed by atoms with E-state index in [4.69, 9.17) is 0 Å². The van der Waals surface area contributed by atoms with Gasteiger partial charge in [-0.05, 0) is 50.1 Å². The molecule has 0 aliphatic carbocycles. The van der Waals surface area contributed by atoms with Crippen LogP contribution in [0.15, 0.2) is 0 Å². The maximum atomic E-state index is 9.93. The molecule has 0 N–H and O–H groups in total. The summed E-state index contributed by atoms with van der Waals surface area (Å²) in [5, 5.41) is 1.14. The second-order valence-electron chi connectivity index (χ2n) is 5.95. The average Bonchev–Trinajstić information content (AvgIpc) is 1.36. The molecule has 0 amide bonds. The number of hydrogen-bond acceptors (Lipinski definition) is 0. The van der Waals surface area contributed by atoms with Gasteiger partial charge in [-0.2, -0.15) is 0 Å². The Balaban J connectivity index is -0.000000224. The normalized spacial score (nSPS) is 18.0. The minimum absolute atomic E-state index is 0. The first-order valence-corrected chi connectivity index (χ1v) is 11.4. The molecule has 0 saturated heterocycles. The van der Waals surface area contributed by atoms with Crippen LogP contribution in [0.3, 0.4) is 0 Å². The summed E-state index contributed by atoms with van der Waals surface area (Å²) >= 11 is -11.3. The standard InChI is InChI=1S/C8H19P.6FH.Zr/c1-7(2,3)9-8(4,5)6;;;;;;;/h9H,1-6H3;6*1H;/q;;;;;;;+4/p-4. The number of rotatable bonds is 0. The van der Waals surface area contributed by atoms with Crippen LogP contribution < -0.4 is 0 Å². The molecule has 0 spiro atoms. The quantitative estimate of drug-likeness (QED) is 0.391. The van der Waals surface area contributed by atoms with Crippen LogP contribution in [0.4, 0.5) is 15.8 Å². The maximum absolute atomic E-state index is 11.3. The minimum Gasteiger partial charge on any atom is 1.00 e. The first kappa shape index (κ1) is 19.2.